The monoisotopic (exact) mass is 251 g/mol. The van der Waals surface area contributed by atoms with Crippen molar-refractivity contribution in [3.8, 4) is 6.07 Å². The van der Waals surface area contributed by atoms with E-state index in [1.165, 1.54) is 6.21 Å². The van der Waals surface area contributed by atoms with Gasteiger partial charge in [-0.3, -0.25) is 0 Å². The highest BCUT2D eigenvalue weighted by atomic mass is 16.6. The van der Waals surface area contributed by atoms with Gasteiger partial charge < -0.3 is 15.0 Å². The third kappa shape index (κ3) is 4.02. The van der Waals surface area contributed by atoms with Gasteiger partial charge in [0.2, 0.25) is 0 Å². The number of hydrogen-bond donors (Lipinski definition) is 1. The van der Waals surface area contributed by atoms with Crippen molar-refractivity contribution in [1.29, 1.82) is 10.7 Å². The fraction of sp³-hybridized carbons (Fsp3) is 0.769. The van der Waals surface area contributed by atoms with Gasteiger partial charge in [-0.1, -0.05) is 0 Å². The Labute approximate surface area is 108 Å². The minimum atomic E-state index is -0.474. The van der Waals surface area contributed by atoms with Gasteiger partial charge in [-0.15, -0.1) is 0 Å². The highest BCUT2D eigenvalue weighted by Gasteiger charge is 2.29. The van der Waals surface area contributed by atoms with Crippen molar-refractivity contribution in [3.05, 3.63) is 0 Å². The third-order valence-electron chi connectivity index (χ3n) is 3.03. The van der Waals surface area contributed by atoms with Crippen molar-refractivity contribution >= 4 is 12.3 Å². The molecule has 0 aliphatic carbocycles. The molecule has 18 heavy (non-hydrogen) atoms. The molecule has 1 unspecified atom stereocenters. The number of nitrogens with zero attached hydrogens (tertiary/aromatic N) is 2. The molecular formula is C13H21N3O2. The third-order valence-corrected chi connectivity index (χ3v) is 3.03. The molecule has 1 N–H and O–H groups in total. The SMILES string of the molecule is CC(C)(C)OC(=O)N1CCC(C(C#N)C=N)CC1. The van der Waals surface area contributed by atoms with Crippen LogP contribution in [0.4, 0.5) is 4.79 Å². The quantitative estimate of drug-likeness (QED) is 0.765. The molecular weight excluding hydrogens is 230 g/mol. The van der Waals surface area contributed by atoms with Gasteiger partial charge in [0, 0.05) is 19.3 Å². The summed E-state index contributed by atoms with van der Waals surface area (Å²) in [6.45, 7) is 6.74. The molecule has 100 valence electrons. The Morgan fingerprint density at radius 2 is 2.06 bits per heavy atom. The van der Waals surface area contributed by atoms with Gasteiger partial charge in [-0.25, -0.2) is 4.79 Å². The lowest BCUT2D eigenvalue weighted by Gasteiger charge is -2.34. The first-order valence-electron chi connectivity index (χ1n) is 6.25. The molecule has 5 nitrogen and oxygen atoms in total. The first-order chi connectivity index (χ1) is 8.37. The molecule has 1 atom stereocenters. The average molecular weight is 251 g/mol. The molecule has 0 bridgehead atoms. The van der Waals surface area contributed by atoms with E-state index >= 15 is 0 Å². The van der Waals surface area contributed by atoms with Crippen molar-refractivity contribution < 1.29 is 9.53 Å². The number of piperidine rings is 1. The molecule has 0 aromatic rings. The maximum atomic E-state index is 11.8. The van der Waals surface area contributed by atoms with Crippen molar-refractivity contribution in [3.63, 3.8) is 0 Å². The summed E-state index contributed by atoms with van der Waals surface area (Å²) in [6.07, 6.45) is 2.43. The molecule has 1 aliphatic rings. The summed E-state index contributed by atoms with van der Waals surface area (Å²) in [5, 5.41) is 16.1. The molecule has 1 saturated heterocycles. The van der Waals surface area contributed by atoms with E-state index in [1.54, 1.807) is 4.90 Å². The Bertz CT molecular complexity index is 346. The molecule has 0 aromatic heterocycles. The molecule has 1 heterocycles. The van der Waals surface area contributed by atoms with Gasteiger partial charge in [0.25, 0.3) is 0 Å². The Morgan fingerprint density at radius 1 is 1.50 bits per heavy atom. The zero-order valence-corrected chi connectivity index (χ0v) is 11.3. The predicted molar refractivity (Wildman–Crippen MR) is 68.4 cm³/mol. The average Bonchev–Trinajstić information content (AvgIpc) is 2.29. The van der Waals surface area contributed by atoms with Crippen LogP contribution in [0.5, 0.6) is 0 Å². The summed E-state index contributed by atoms with van der Waals surface area (Å²) in [5.74, 6) is -0.142. The number of rotatable bonds is 2. The number of hydrogen-bond acceptors (Lipinski definition) is 4. The topological polar surface area (TPSA) is 77.2 Å². The van der Waals surface area contributed by atoms with E-state index in [0.717, 1.165) is 12.8 Å². The fourth-order valence-electron chi connectivity index (χ4n) is 2.05. The van der Waals surface area contributed by atoms with E-state index in [2.05, 4.69) is 6.07 Å². The largest absolute Gasteiger partial charge is 0.444 e. The molecule has 0 aromatic carbocycles. The number of nitriles is 1. The minimum Gasteiger partial charge on any atom is -0.444 e. The van der Waals surface area contributed by atoms with Crippen LogP contribution in [-0.4, -0.2) is 35.9 Å². The number of carbonyl (C=O) groups excluding carboxylic acids is 1. The lowest BCUT2D eigenvalue weighted by Crippen LogP contribution is -2.42. The lowest BCUT2D eigenvalue weighted by molar-refractivity contribution is 0.0179. The molecule has 5 heteroatoms. The summed E-state index contributed by atoms with van der Waals surface area (Å²) < 4.78 is 5.30. The molecule has 0 radical (unpaired) electrons. The van der Waals surface area contributed by atoms with Crippen LogP contribution in [-0.2, 0) is 4.74 Å². The number of nitrogens with one attached hydrogen (secondary N) is 1. The Morgan fingerprint density at radius 3 is 2.44 bits per heavy atom. The van der Waals surface area contributed by atoms with Gasteiger partial charge >= 0.3 is 6.09 Å². The van der Waals surface area contributed by atoms with E-state index in [1.807, 2.05) is 20.8 Å². The zero-order valence-electron chi connectivity index (χ0n) is 11.3. The minimum absolute atomic E-state index is 0.186. The first-order valence-corrected chi connectivity index (χ1v) is 6.25. The second-order valence-corrected chi connectivity index (χ2v) is 5.63. The van der Waals surface area contributed by atoms with Gasteiger partial charge in [0.15, 0.2) is 0 Å². The van der Waals surface area contributed by atoms with Gasteiger partial charge in [0.1, 0.15) is 5.60 Å². The van der Waals surface area contributed by atoms with Crippen molar-refractivity contribution in [2.45, 2.75) is 39.2 Å². The maximum absolute atomic E-state index is 11.8. The highest BCUT2D eigenvalue weighted by Crippen LogP contribution is 2.24. The standard InChI is InChI=1S/C13H21N3O2/c1-13(2,3)18-12(17)16-6-4-10(5-7-16)11(8-14)9-15/h8,10-11,14H,4-7H2,1-3H3. The van der Waals surface area contributed by atoms with Crippen LogP contribution in [0.15, 0.2) is 0 Å². The summed E-state index contributed by atoms with van der Waals surface area (Å²) >= 11 is 0. The Hall–Kier alpha value is -1.57. The maximum Gasteiger partial charge on any atom is 0.410 e. The van der Waals surface area contributed by atoms with Crippen molar-refractivity contribution in [2.75, 3.05) is 13.1 Å². The Balaban J connectivity index is 2.47. The van der Waals surface area contributed by atoms with E-state index in [0.29, 0.717) is 13.1 Å². The lowest BCUT2D eigenvalue weighted by atomic mass is 9.86. The second kappa shape index (κ2) is 5.85. The van der Waals surface area contributed by atoms with Crippen LogP contribution in [0, 0.1) is 28.6 Å². The molecule has 1 amide bonds. The second-order valence-electron chi connectivity index (χ2n) is 5.63. The zero-order chi connectivity index (χ0) is 13.8. The molecule has 0 spiro atoms. The van der Waals surface area contributed by atoms with Crippen LogP contribution in [0.25, 0.3) is 0 Å². The van der Waals surface area contributed by atoms with Gasteiger partial charge in [-0.05, 0) is 39.5 Å². The first kappa shape index (κ1) is 14.5. The molecule has 1 rings (SSSR count). The summed E-state index contributed by atoms with van der Waals surface area (Å²) in [6, 6.07) is 2.13. The highest BCUT2D eigenvalue weighted by molar-refractivity contribution is 5.68. The number of likely N-dealkylation sites (tertiary alicyclic amines) is 1. The van der Waals surface area contributed by atoms with Crippen LogP contribution < -0.4 is 0 Å². The summed E-state index contributed by atoms with van der Waals surface area (Å²) in [7, 11) is 0. The Kier molecular flexibility index (Phi) is 4.71. The molecule has 1 aliphatic heterocycles. The fourth-order valence-corrected chi connectivity index (χ4v) is 2.05. The van der Waals surface area contributed by atoms with Crippen LogP contribution in [0.1, 0.15) is 33.6 Å². The number of carbonyl (C=O) groups is 1. The number of ether oxygens (including phenoxy) is 1. The molecule has 1 fully saturated rings. The predicted octanol–water partition coefficient (Wildman–Crippen LogP) is 2.42. The van der Waals surface area contributed by atoms with Crippen molar-refractivity contribution in [2.24, 2.45) is 11.8 Å². The van der Waals surface area contributed by atoms with E-state index in [9.17, 15) is 4.79 Å². The van der Waals surface area contributed by atoms with Crippen LogP contribution >= 0.6 is 0 Å². The van der Waals surface area contributed by atoms with E-state index in [-0.39, 0.29) is 17.9 Å². The summed E-state index contributed by atoms with van der Waals surface area (Å²) in [5.41, 5.74) is -0.474. The molecule has 0 saturated carbocycles. The van der Waals surface area contributed by atoms with E-state index in [4.69, 9.17) is 15.4 Å². The van der Waals surface area contributed by atoms with Crippen molar-refractivity contribution in [1.82, 2.24) is 4.90 Å². The smallest absolute Gasteiger partial charge is 0.410 e. The number of amides is 1. The van der Waals surface area contributed by atoms with E-state index < -0.39 is 5.60 Å². The van der Waals surface area contributed by atoms with Crippen LogP contribution in [0.2, 0.25) is 0 Å². The summed E-state index contributed by atoms with van der Waals surface area (Å²) in [4.78, 5) is 13.5. The van der Waals surface area contributed by atoms with Gasteiger partial charge in [0.05, 0.1) is 12.0 Å². The van der Waals surface area contributed by atoms with Gasteiger partial charge in [-0.2, -0.15) is 5.26 Å². The van der Waals surface area contributed by atoms with Crippen LogP contribution in [0.3, 0.4) is 0 Å². The normalized spacial score (nSPS) is 18.9.